The van der Waals surface area contributed by atoms with Crippen molar-refractivity contribution in [3.05, 3.63) is 59.7 Å². The van der Waals surface area contributed by atoms with Gasteiger partial charge >= 0.3 is 18.0 Å². The molecular formula is C52H80N4O16. The van der Waals surface area contributed by atoms with E-state index in [1.807, 2.05) is 36.4 Å². The Morgan fingerprint density at radius 2 is 0.861 bits per heavy atom. The van der Waals surface area contributed by atoms with Gasteiger partial charge in [0.05, 0.1) is 112 Å². The number of carbonyl (C=O) groups is 6. The third kappa shape index (κ3) is 25.9. The molecule has 3 rings (SSSR count). The van der Waals surface area contributed by atoms with Crippen LogP contribution in [0.4, 0.5) is 4.79 Å². The van der Waals surface area contributed by atoms with Gasteiger partial charge in [0.2, 0.25) is 17.7 Å². The minimum absolute atomic E-state index is 0.0159. The smallest absolute Gasteiger partial charge is 0.407 e. The van der Waals surface area contributed by atoms with Crippen molar-refractivity contribution in [3.8, 4) is 11.1 Å². The summed E-state index contributed by atoms with van der Waals surface area (Å²) in [5.41, 5.74) is 3.39. The Hall–Kier alpha value is -5.22. The van der Waals surface area contributed by atoms with E-state index in [1.165, 1.54) is 14.7 Å². The molecule has 0 aliphatic heterocycles. The monoisotopic (exact) mass is 1020 g/mol. The summed E-state index contributed by atoms with van der Waals surface area (Å²) < 4.78 is 54.8. The molecule has 4 amide bonds. The van der Waals surface area contributed by atoms with Gasteiger partial charge in [-0.2, -0.15) is 0 Å². The maximum absolute atomic E-state index is 13.5. The normalized spacial score (nSPS) is 12.2. The highest BCUT2D eigenvalue weighted by molar-refractivity contribution is 5.89. The number of fused-ring (bicyclic) bond motifs is 3. The summed E-state index contributed by atoms with van der Waals surface area (Å²) in [4.78, 5) is 80.4. The van der Waals surface area contributed by atoms with Gasteiger partial charge in [-0.25, -0.2) is 4.79 Å². The Morgan fingerprint density at radius 1 is 0.486 bits per heavy atom. The number of nitrogens with zero attached hydrogens (tertiary/aromatic N) is 3. The van der Waals surface area contributed by atoms with Crippen LogP contribution >= 0.6 is 0 Å². The van der Waals surface area contributed by atoms with Gasteiger partial charge in [-0.1, -0.05) is 48.5 Å². The fourth-order valence-corrected chi connectivity index (χ4v) is 6.93. The number of nitrogens with one attached hydrogen (secondary N) is 1. The summed E-state index contributed by atoms with van der Waals surface area (Å²) in [7, 11) is 3.17. The molecule has 0 aromatic heterocycles. The van der Waals surface area contributed by atoms with Crippen LogP contribution in [0.3, 0.4) is 0 Å². The quantitative estimate of drug-likeness (QED) is 0.0574. The first-order valence-electron chi connectivity index (χ1n) is 24.7. The average Bonchev–Trinajstić information content (AvgIpc) is 3.64. The van der Waals surface area contributed by atoms with Crippen molar-refractivity contribution in [2.24, 2.45) is 0 Å². The highest BCUT2D eigenvalue weighted by Crippen LogP contribution is 2.44. The summed E-state index contributed by atoms with van der Waals surface area (Å²) in [6.07, 6.45) is -0.395. The van der Waals surface area contributed by atoms with Crippen molar-refractivity contribution in [2.75, 3.05) is 146 Å². The second kappa shape index (κ2) is 33.5. The van der Waals surface area contributed by atoms with Crippen molar-refractivity contribution in [2.45, 2.75) is 77.9 Å². The SMILES string of the molecule is CN(CCOCCOCCOCCC(=O)OC(C)(C)C)C(=O)CN(CC(=O)N(C)CCOCCOCCOCCC(=O)OC(C)(C)C)C(=O)CCOCCNC(=O)OCC1c2ccccc2-c2ccccc21. The van der Waals surface area contributed by atoms with E-state index in [2.05, 4.69) is 17.4 Å². The van der Waals surface area contributed by atoms with Gasteiger partial charge in [0.1, 0.15) is 30.9 Å². The molecule has 0 saturated heterocycles. The van der Waals surface area contributed by atoms with E-state index < -0.39 is 35.0 Å². The second-order valence-corrected chi connectivity index (χ2v) is 18.8. The van der Waals surface area contributed by atoms with Gasteiger partial charge in [-0.05, 0) is 63.8 Å². The highest BCUT2D eigenvalue weighted by Gasteiger charge is 2.29. The van der Waals surface area contributed by atoms with Crippen LogP contribution in [0, 0.1) is 0 Å². The molecular weight excluding hydrogens is 937 g/mol. The van der Waals surface area contributed by atoms with E-state index in [-0.39, 0.29) is 129 Å². The van der Waals surface area contributed by atoms with E-state index >= 15 is 0 Å². The Balaban J connectivity index is 1.36. The maximum atomic E-state index is 13.5. The number of likely N-dealkylation sites (N-methyl/N-ethyl adjacent to an activating group) is 2. The van der Waals surface area contributed by atoms with Crippen LogP contribution in [0.2, 0.25) is 0 Å². The lowest BCUT2D eigenvalue weighted by atomic mass is 9.98. The highest BCUT2D eigenvalue weighted by atomic mass is 16.6. The molecule has 1 aliphatic carbocycles. The van der Waals surface area contributed by atoms with Gasteiger partial charge in [0, 0.05) is 39.6 Å². The predicted octanol–water partition coefficient (Wildman–Crippen LogP) is 4.24. The predicted molar refractivity (Wildman–Crippen MR) is 266 cm³/mol. The Morgan fingerprint density at radius 3 is 1.29 bits per heavy atom. The van der Waals surface area contributed by atoms with Crippen LogP contribution in [-0.2, 0) is 71.3 Å². The number of alkyl carbamates (subject to hydrolysis) is 1. The largest absolute Gasteiger partial charge is 0.460 e. The molecule has 0 unspecified atom stereocenters. The summed E-state index contributed by atoms with van der Waals surface area (Å²) in [6.45, 7) is 14.3. The molecule has 0 spiro atoms. The average molecular weight is 1020 g/mol. The van der Waals surface area contributed by atoms with E-state index in [9.17, 15) is 28.8 Å². The molecule has 2 aromatic carbocycles. The first kappa shape index (κ1) is 61.1. The summed E-state index contributed by atoms with van der Waals surface area (Å²) in [6, 6.07) is 16.2. The zero-order valence-corrected chi connectivity index (χ0v) is 43.8. The molecule has 0 radical (unpaired) electrons. The zero-order chi connectivity index (χ0) is 52.8. The number of amides is 4. The van der Waals surface area contributed by atoms with Gasteiger partial charge in [-0.3, -0.25) is 24.0 Å². The fourth-order valence-electron chi connectivity index (χ4n) is 6.93. The van der Waals surface area contributed by atoms with Crippen molar-refractivity contribution in [3.63, 3.8) is 0 Å². The fraction of sp³-hybridized carbons (Fsp3) is 0.654. The minimum atomic E-state index is -0.587. The third-order valence-corrected chi connectivity index (χ3v) is 10.5. The van der Waals surface area contributed by atoms with Crippen molar-refractivity contribution >= 4 is 35.8 Å². The first-order chi connectivity index (χ1) is 34.3. The number of hydrogen-bond donors (Lipinski definition) is 1. The molecule has 2 aromatic rings. The molecule has 1 aliphatic rings. The van der Waals surface area contributed by atoms with Crippen LogP contribution in [-0.4, -0.2) is 208 Å². The minimum Gasteiger partial charge on any atom is -0.460 e. The van der Waals surface area contributed by atoms with Crippen molar-refractivity contribution in [1.82, 2.24) is 20.0 Å². The molecule has 0 bridgehead atoms. The zero-order valence-electron chi connectivity index (χ0n) is 43.8. The molecule has 0 heterocycles. The lowest BCUT2D eigenvalue weighted by Gasteiger charge is -2.27. The molecule has 404 valence electrons. The summed E-state index contributed by atoms with van der Waals surface area (Å²) in [5, 5.41) is 2.69. The lowest BCUT2D eigenvalue weighted by Crippen LogP contribution is -2.47. The Kier molecular flexibility index (Phi) is 28.4. The van der Waals surface area contributed by atoms with Crippen LogP contribution in [0.5, 0.6) is 0 Å². The number of rotatable bonds is 36. The van der Waals surface area contributed by atoms with E-state index in [0.29, 0.717) is 39.6 Å². The van der Waals surface area contributed by atoms with E-state index in [1.54, 1.807) is 55.6 Å². The lowest BCUT2D eigenvalue weighted by molar-refractivity contribution is -0.157. The first-order valence-corrected chi connectivity index (χ1v) is 24.7. The third-order valence-electron chi connectivity index (χ3n) is 10.5. The van der Waals surface area contributed by atoms with E-state index in [4.69, 9.17) is 47.4 Å². The van der Waals surface area contributed by atoms with Gasteiger partial charge in [0.25, 0.3) is 0 Å². The van der Waals surface area contributed by atoms with Crippen molar-refractivity contribution < 1.29 is 76.1 Å². The maximum Gasteiger partial charge on any atom is 0.407 e. The number of carbonyl (C=O) groups excluding carboxylic acids is 6. The number of hydrogen-bond acceptors (Lipinski definition) is 16. The molecule has 0 atom stereocenters. The van der Waals surface area contributed by atoms with Gasteiger partial charge < -0.3 is 67.4 Å². The van der Waals surface area contributed by atoms with Crippen LogP contribution in [0.25, 0.3) is 11.1 Å². The van der Waals surface area contributed by atoms with Crippen molar-refractivity contribution in [1.29, 1.82) is 0 Å². The summed E-state index contributed by atoms with van der Waals surface area (Å²) >= 11 is 0. The molecule has 20 heteroatoms. The van der Waals surface area contributed by atoms with Crippen LogP contribution in [0.15, 0.2) is 48.5 Å². The second-order valence-electron chi connectivity index (χ2n) is 18.8. The summed E-state index contributed by atoms with van der Waals surface area (Å²) in [5.74, 6) is -1.98. The molecule has 0 fully saturated rings. The molecule has 20 nitrogen and oxygen atoms in total. The number of esters is 2. The number of benzene rings is 2. The van der Waals surface area contributed by atoms with Crippen LogP contribution in [0.1, 0.15) is 77.8 Å². The standard InChI is InChI=1S/C52H80N4O16/c1-51(2,3)71-48(60)18-24-64-29-33-68-35-31-66-27-21-54(7)46(58)37-56(38-47(59)55(8)22-28-67-32-36-69-34-30-65-25-19-49(61)72-52(4,5)6)45(57)17-23-63-26-20-53-50(62)70-39-44-42-15-11-9-13-40(42)41-14-10-12-16-43(41)44/h9-16,44H,17-39H2,1-8H3,(H,53,62). The molecule has 1 N–H and O–H groups in total. The van der Waals surface area contributed by atoms with E-state index in [0.717, 1.165) is 22.3 Å². The van der Waals surface area contributed by atoms with Gasteiger partial charge in [-0.15, -0.1) is 0 Å². The topological polar surface area (TPSA) is 216 Å². The number of ether oxygens (including phenoxy) is 10. The Bertz CT molecular complexity index is 1840. The molecule has 0 saturated carbocycles. The Labute approximate surface area is 425 Å². The van der Waals surface area contributed by atoms with Crippen LogP contribution < -0.4 is 5.32 Å². The molecule has 72 heavy (non-hydrogen) atoms. The van der Waals surface area contributed by atoms with Gasteiger partial charge in [0.15, 0.2) is 0 Å².